The fourth-order valence-electron chi connectivity index (χ4n) is 3.20. The Morgan fingerprint density at radius 2 is 1.63 bits per heavy atom. The highest BCUT2D eigenvalue weighted by molar-refractivity contribution is 9.10. The van der Waals surface area contributed by atoms with E-state index < -0.39 is 0 Å². The summed E-state index contributed by atoms with van der Waals surface area (Å²) in [6.45, 7) is 2.05. The maximum absolute atomic E-state index is 12.8. The number of nitrogens with zero attached hydrogens (tertiary/aromatic N) is 2. The van der Waals surface area contributed by atoms with Crippen LogP contribution in [0.2, 0.25) is 0 Å². The molecule has 0 aliphatic carbocycles. The van der Waals surface area contributed by atoms with Gasteiger partial charge in [-0.05, 0) is 73.2 Å². The molecule has 4 nitrogen and oxygen atoms in total. The average Bonchev–Trinajstić information content (AvgIpc) is 3.10. The fraction of sp³-hybridized carbons (Fsp3) is 0.0833. The molecule has 0 aliphatic rings. The van der Waals surface area contributed by atoms with Crippen molar-refractivity contribution >= 4 is 33.2 Å². The van der Waals surface area contributed by atoms with Crippen molar-refractivity contribution in [3.05, 3.63) is 98.6 Å². The summed E-state index contributed by atoms with van der Waals surface area (Å²) in [6, 6.07) is 25.0. The van der Waals surface area contributed by atoms with Crippen LogP contribution in [0.25, 0.3) is 16.9 Å². The molecule has 0 fully saturated rings. The second kappa shape index (κ2) is 8.81. The van der Waals surface area contributed by atoms with Gasteiger partial charge in [0, 0.05) is 20.6 Å². The zero-order valence-corrected chi connectivity index (χ0v) is 18.9. The molecule has 0 saturated heterocycles. The molecule has 0 N–H and O–H groups in total. The quantitative estimate of drug-likeness (QED) is 0.359. The van der Waals surface area contributed by atoms with Gasteiger partial charge in [0.05, 0.1) is 12.8 Å². The molecule has 1 heterocycles. The minimum atomic E-state index is -0.260. The van der Waals surface area contributed by atoms with E-state index in [0.29, 0.717) is 10.4 Å². The van der Waals surface area contributed by atoms with Gasteiger partial charge in [-0.3, -0.25) is 9.36 Å². The van der Waals surface area contributed by atoms with Crippen LogP contribution in [0.5, 0.6) is 5.75 Å². The van der Waals surface area contributed by atoms with Crippen molar-refractivity contribution in [3.8, 4) is 22.7 Å². The number of benzene rings is 3. The Bertz CT molecular complexity index is 1240. The molecule has 0 spiro atoms. The van der Waals surface area contributed by atoms with Crippen molar-refractivity contribution in [1.29, 1.82) is 0 Å². The van der Waals surface area contributed by atoms with Crippen molar-refractivity contribution in [2.45, 2.75) is 6.92 Å². The maximum Gasteiger partial charge on any atom is 0.279 e. The van der Waals surface area contributed by atoms with Gasteiger partial charge >= 0.3 is 0 Å². The number of rotatable bonds is 4. The summed E-state index contributed by atoms with van der Waals surface area (Å²) in [7, 11) is 1.65. The highest BCUT2D eigenvalue weighted by Gasteiger charge is 2.16. The van der Waals surface area contributed by atoms with E-state index in [2.05, 4.69) is 20.9 Å². The molecule has 4 aromatic rings. The van der Waals surface area contributed by atoms with E-state index in [4.69, 9.17) is 4.74 Å². The zero-order chi connectivity index (χ0) is 21.1. The molecule has 0 saturated carbocycles. The van der Waals surface area contributed by atoms with E-state index in [1.165, 1.54) is 11.3 Å². The van der Waals surface area contributed by atoms with Crippen LogP contribution in [-0.4, -0.2) is 17.6 Å². The maximum atomic E-state index is 12.8. The van der Waals surface area contributed by atoms with Crippen LogP contribution in [0, 0.1) is 6.92 Å². The summed E-state index contributed by atoms with van der Waals surface area (Å²) in [4.78, 5) is 19.0. The number of carbonyl (C=O) groups is 1. The summed E-state index contributed by atoms with van der Waals surface area (Å²) >= 11 is 4.99. The molecule has 0 bridgehead atoms. The van der Waals surface area contributed by atoms with Crippen LogP contribution in [0.4, 0.5) is 0 Å². The smallest absolute Gasteiger partial charge is 0.279 e. The van der Waals surface area contributed by atoms with E-state index in [0.717, 1.165) is 32.0 Å². The topological polar surface area (TPSA) is 43.6 Å². The van der Waals surface area contributed by atoms with Crippen molar-refractivity contribution in [3.63, 3.8) is 0 Å². The Morgan fingerprint density at radius 1 is 0.967 bits per heavy atom. The summed E-state index contributed by atoms with van der Waals surface area (Å²) in [6.07, 6.45) is 0. The van der Waals surface area contributed by atoms with E-state index in [9.17, 15) is 4.79 Å². The number of halogens is 1. The van der Waals surface area contributed by atoms with Crippen LogP contribution >= 0.6 is 27.3 Å². The van der Waals surface area contributed by atoms with E-state index in [1.54, 1.807) is 19.2 Å². The fourth-order valence-corrected chi connectivity index (χ4v) is 4.46. The Hall–Kier alpha value is -2.96. The molecule has 0 unspecified atom stereocenters. The van der Waals surface area contributed by atoms with Crippen LogP contribution in [0.3, 0.4) is 0 Å². The van der Waals surface area contributed by atoms with Gasteiger partial charge in [-0.2, -0.15) is 4.99 Å². The Balaban J connectivity index is 1.93. The highest BCUT2D eigenvalue weighted by atomic mass is 79.9. The molecule has 3 aromatic carbocycles. The Morgan fingerprint density at radius 3 is 2.27 bits per heavy atom. The molecular weight excluding hydrogens is 460 g/mol. The first-order chi connectivity index (χ1) is 14.6. The summed E-state index contributed by atoms with van der Waals surface area (Å²) < 4.78 is 8.32. The average molecular weight is 479 g/mol. The van der Waals surface area contributed by atoms with Crippen molar-refractivity contribution < 1.29 is 9.53 Å². The van der Waals surface area contributed by atoms with Gasteiger partial charge in [-0.1, -0.05) is 34.1 Å². The van der Waals surface area contributed by atoms with Gasteiger partial charge in [-0.15, -0.1) is 11.3 Å². The van der Waals surface area contributed by atoms with Gasteiger partial charge in [0.2, 0.25) is 0 Å². The van der Waals surface area contributed by atoms with Gasteiger partial charge in [0.15, 0.2) is 4.80 Å². The molecule has 6 heteroatoms. The van der Waals surface area contributed by atoms with E-state index in [-0.39, 0.29) is 5.91 Å². The first-order valence-electron chi connectivity index (χ1n) is 9.34. The third-order valence-electron chi connectivity index (χ3n) is 4.66. The number of aromatic nitrogens is 1. The lowest BCUT2D eigenvalue weighted by molar-refractivity contribution is 0.0998. The minimum Gasteiger partial charge on any atom is -0.497 e. The normalized spacial score (nSPS) is 11.5. The Kier molecular flexibility index (Phi) is 5.97. The zero-order valence-electron chi connectivity index (χ0n) is 16.5. The largest absolute Gasteiger partial charge is 0.497 e. The van der Waals surface area contributed by atoms with Crippen LogP contribution < -0.4 is 9.54 Å². The second-order valence-electron chi connectivity index (χ2n) is 6.61. The molecule has 150 valence electrons. The standard InChI is InChI=1S/C24H19BrN2O2S/c1-16-22(17-8-14-21(29-2)15-9-17)27(20-12-10-19(25)11-13-20)24(30-16)26-23(28)18-6-4-3-5-7-18/h3-15H,1-2H3. The Labute approximate surface area is 187 Å². The molecule has 4 rings (SSSR count). The molecule has 30 heavy (non-hydrogen) atoms. The third-order valence-corrected chi connectivity index (χ3v) is 6.14. The number of hydrogen-bond donors (Lipinski definition) is 0. The van der Waals surface area contributed by atoms with Crippen molar-refractivity contribution in [2.24, 2.45) is 4.99 Å². The monoisotopic (exact) mass is 478 g/mol. The SMILES string of the molecule is COc1ccc(-c2c(C)sc(=NC(=O)c3ccccc3)n2-c2ccc(Br)cc2)cc1. The number of amides is 1. The van der Waals surface area contributed by atoms with Gasteiger partial charge in [0.1, 0.15) is 5.75 Å². The van der Waals surface area contributed by atoms with Gasteiger partial charge in [-0.25, -0.2) is 0 Å². The first kappa shape index (κ1) is 20.3. The molecule has 1 aromatic heterocycles. The van der Waals surface area contributed by atoms with Gasteiger partial charge in [0.25, 0.3) is 5.91 Å². The van der Waals surface area contributed by atoms with Crippen molar-refractivity contribution in [1.82, 2.24) is 4.57 Å². The predicted octanol–water partition coefficient (Wildman–Crippen LogP) is 6.03. The molecule has 1 amide bonds. The summed E-state index contributed by atoms with van der Waals surface area (Å²) in [5.74, 6) is 0.537. The van der Waals surface area contributed by atoms with Crippen molar-refractivity contribution in [2.75, 3.05) is 7.11 Å². The second-order valence-corrected chi connectivity index (χ2v) is 8.71. The number of thiazole rings is 1. The molecule has 0 atom stereocenters. The number of ether oxygens (including phenoxy) is 1. The predicted molar refractivity (Wildman–Crippen MR) is 124 cm³/mol. The lowest BCUT2D eigenvalue weighted by Gasteiger charge is -2.11. The van der Waals surface area contributed by atoms with E-state index >= 15 is 0 Å². The summed E-state index contributed by atoms with van der Waals surface area (Å²) in [5, 5.41) is 0. The lowest BCUT2D eigenvalue weighted by atomic mass is 10.1. The van der Waals surface area contributed by atoms with Gasteiger partial charge < -0.3 is 4.74 Å². The molecule has 0 aliphatic heterocycles. The first-order valence-corrected chi connectivity index (χ1v) is 10.9. The number of carbonyl (C=O) groups excluding carboxylic acids is 1. The third kappa shape index (κ3) is 4.15. The number of aryl methyl sites for hydroxylation is 1. The van der Waals surface area contributed by atoms with Crippen LogP contribution in [-0.2, 0) is 0 Å². The summed E-state index contributed by atoms with van der Waals surface area (Å²) in [5.41, 5.74) is 3.54. The lowest BCUT2D eigenvalue weighted by Crippen LogP contribution is -2.16. The number of hydrogen-bond acceptors (Lipinski definition) is 3. The highest BCUT2D eigenvalue weighted by Crippen LogP contribution is 2.30. The molecule has 0 radical (unpaired) electrons. The van der Waals surface area contributed by atoms with E-state index in [1.807, 2.05) is 78.2 Å². The van der Waals surface area contributed by atoms with Crippen LogP contribution in [0.15, 0.2) is 88.3 Å². The minimum absolute atomic E-state index is 0.260. The molecular formula is C24H19BrN2O2S. The van der Waals surface area contributed by atoms with Crippen LogP contribution in [0.1, 0.15) is 15.2 Å². The number of methoxy groups -OCH3 is 1.